The topological polar surface area (TPSA) is 190 Å². The van der Waals surface area contributed by atoms with Crippen molar-refractivity contribution in [3.05, 3.63) is 0 Å². The lowest BCUT2D eigenvalue weighted by Gasteiger charge is -2.43. The Bertz CT molecular complexity index is 393. The van der Waals surface area contributed by atoms with Crippen LogP contribution in [0.15, 0.2) is 0 Å². The summed E-state index contributed by atoms with van der Waals surface area (Å²) in [6, 6.07) is 0. The molecule has 2 aliphatic heterocycles. The monoisotopic (exact) mass is 342 g/mol. The lowest BCUT2D eigenvalue weighted by Crippen LogP contribution is -2.62. The first-order valence-corrected chi connectivity index (χ1v) is 7.05. The Hall–Kier alpha value is -0.440. The van der Waals surface area contributed by atoms with Crippen molar-refractivity contribution in [1.29, 1.82) is 0 Å². The van der Waals surface area contributed by atoms with E-state index in [2.05, 4.69) is 0 Å². The van der Waals surface area contributed by atoms with E-state index in [9.17, 15) is 30.6 Å². The standard InChI is InChI=1S/C12H22O11/c13-1-4-6(16)8(18)9(19)11(21-4)23-12(3-15)10(20)7(17)5(2-14)22-12/h4-11,13-20H,1-3H2/t4-,5+,6+,7-,8+,9+,10-,11+,12-/m1/s1. The first-order valence-electron chi connectivity index (χ1n) is 7.05. The van der Waals surface area contributed by atoms with Crippen molar-refractivity contribution >= 4 is 0 Å². The molecule has 136 valence electrons. The fraction of sp³-hybridized carbons (Fsp3) is 1.00. The fourth-order valence-corrected chi connectivity index (χ4v) is 2.63. The predicted molar refractivity (Wildman–Crippen MR) is 68.6 cm³/mol. The van der Waals surface area contributed by atoms with Gasteiger partial charge in [-0.15, -0.1) is 0 Å². The van der Waals surface area contributed by atoms with Gasteiger partial charge in [0.25, 0.3) is 0 Å². The molecule has 2 aliphatic rings. The summed E-state index contributed by atoms with van der Waals surface area (Å²) in [6.07, 6.45) is -12.7. The zero-order chi connectivity index (χ0) is 17.4. The van der Waals surface area contributed by atoms with Crippen molar-refractivity contribution in [2.24, 2.45) is 0 Å². The van der Waals surface area contributed by atoms with E-state index in [-0.39, 0.29) is 0 Å². The van der Waals surface area contributed by atoms with Crippen LogP contribution >= 0.6 is 0 Å². The molecule has 0 bridgehead atoms. The van der Waals surface area contributed by atoms with E-state index in [1.807, 2.05) is 0 Å². The third-order valence-electron chi connectivity index (χ3n) is 4.07. The summed E-state index contributed by atoms with van der Waals surface area (Å²) in [5.74, 6) is -2.22. The predicted octanol–water partition coefficient (Wildman–Crippen LogP) is -5.40. The minimum Gasteiger partial charge on any atom is -0.394 e. The third-order valence-corrected chi connectivity index (χ3v) is 4.07. The highest BCUT2D eigenvalue weighted by Gasteiger charge is 2.58. The molecule has 8 N–H and O–H groups in total. The van der Waals surface area contributed by atoms with Gasteiger partial charge in [0.05, 0.1) is 13.2 Å². The Kier molecular flexibility index (Phi) is 5.92. The maximum atomic E-state index is 10.00. The van der Waals surface area contributed by atoms with Gasteiger partial charge in [-0.05, 0) is 0 Å². The number of aliphatic hydroxyl groups is 8. The van der Waals surface area contributed by atoms with Gasteiger partial charge < -0.3 is 55.1 Å². The van der Waals surface area contributed by atoms with E-state index in [1.54, 1.807) is 0 Å². The second-order valence-electron chi connectivity index (χ2n) is 5.56. The van der Waals surface area contributed by atoms with Gasteiger partial charge in [0.15, 0.2) is 6.29 Å². The molecule has 2 fully saturated rings. The first-order chi connectivity index (χ1) is 10.8. The van der Waals surface area contributed by atoms with Crippen LogP contribution in [0.5, 0.6) is 0 Å². The average Bonchev–Trinajstić information content (AvgIpc) is 2.80. The van der Waals surface area contributed by atoms with Crippen LogP contribution in [0, 0.1) is 0 Å². The van der Waals surface area contributed by atoms with Crippen LogP contribution in [-0.4, -0.2) is 115 Å². The molecule has 0 unspecified atom stereocenters. The van der Waals surface area contributed by atoms with Crippen LogP contribution in [0.3, 0.4) is 0 Å². The molecule has 2 rings (SSSR count). The SMILES string of the molecule is OC[C@@H]1O[C@](CO)(O[C@@H]2O[C@H](CO)[C@H](O)[C@H](O)[C@@H]2O)[C@H](O)[C@@H]1O. The Morgan fingerprint density at radius 2 is 1.39 bits per heavy atom. The lowest BCUT2D eigenvalue weighted by atomic mass is 9.99. The van der Waals surface area contributed by atoms with Gasteiger partial charge in [-0.25, -0.2) is 0 Å². The average molecular weight is 342 g/mol. The van der Waals surface area contributed by atoms with E-state index in [4.69, 9.17) is 24.4 Å². The van der Waals surface area contributed by atoms with Gasteiger partial charge in [-0.3, -0.25) is 0 Å². The Labute approximate surface area is 130 Å². The van der Waals surface area contributed by atoms with E-state index in [0.717, 1.165) is 0 Å². The van der Waals surface area contributed by atoms with Crippen LogP contribution in [0.1, 0.15) is 0 Å². The molecule has 0 amide bonds. The quantitative estimate of drug-likeness (QED) is 0.238. The molecule has 0 aromatic rings. The van der Waals surface area contributed by atoms with Gasteiger partial charge in [0.1, 0.15) is 49.3 Å². The van der Waals surface area contributed by atoms with Crippen molar-refractivity contribution in [3.63, 3.8) is 0 Å². The van der Waals surface area contributed by atoms with Crippen molar-refractivity contribution in [3.8, 4) is 0 Å². The molecule has 9 atom stereocenters. The van der Waals surface area contributed by atoms with Crippen molar-refractivity contribution < 1.29 is 55.1 Å². The molecular weight excluding hydrogens is 320 g/mol. The minimum atomic E-state index is -2.22. The van der Waals surface area contributed by atoms with Crippen LogP contribution in [-0.2, 0) is 14.2 Å². The van der Waals surface area contributed by atoms with Crippen LogP contribution in [0.25, 0.3) is 0 Å². The molecular formula is C12H22O11. The fourth-order valence-electron chi connectivity index (χ4n) is 2.63. The molecule has 23 heavy (non-hydrogen) atoms. The maximum Gasteiger partial charge on any atom is 0.224 e. The molecule has 11 nitrogen and oxygen atoms in total. The Morgan fingerprint density at radius 3 is 1.87 bits per heavy atom. The van der Waals surface area contributed by atoms with E-state index in [0.29, 0.717) is 0 Å². The Balaban J connectivity index is 2.18. The summed E-state index contributed by atoms with van der Waals surface area (Å²) in [6.45, 7) is -2.32. The summed E-state index contributed by atoms with van der Waals surface area (Å²) >= 11 is 0. The van der Waals surface area contributed by atoms with Gasteiger partial charge in [-0.2, -0.15) is 0 Å². The largest absolute Gasteiger partial charge is 0.394 e. The first kappa shape index (κ1) is 18.9. The smallest absolute Gasteiger partial charge is 0.224 e. The summed E-state index contributed by atoms with van der Waals surface area (Å²) in [4.78, 5) is 0. The van der Waals surface area contributed by atoms with Gasteiger partial charge in [-0.1, -0.05) is 0 Å². The highest BCUT2D eigenvalue weighted by molar-refractivity contribution is 4.98. The number of aliphatic hydroxyl groups excluding tert-OH is 8. The summed E-state index contributed by atoms with van der Waals surface area (Å²) in [5.41, 5.74) is 0. The summed E-state index contributed by atoms with van der Waals surface area (Å²) in [7, 11) is 0. The number of ether oxygens (including phenoxy) is 3. The highest BCUT2D eigenvalue weighted by Crippen LogP contribution is 2.35. The molecule has 0 saturated carbocycles. The molecule has 0 radical (unpaired) electrons. The Morgan fingerprint density at radius 1 is 0.783 bits per heavy atom. The normalized spacial score (nSPS) is 51.1. The van der Waals surface area contributed by atoms with Gasteiger partial charge in [0.2, 0.25) is 5.79 Å². The molecule has 2 heterocycles. The zero-order valence-corrected chi connectivity index (χ0v) is 12.0. The molecule has 11 heteroatoms. The van der Waals surface area contributed by atoms with Gasteiger partial charge in [0, 0.05) is 0 Å². The molecule has 0 aliphatic carbocycles. The number of hydrogen-bond acceptors (Lipinski definition) is 11. The summed E-state index contributed by atoms with van der Waals surface area (Å²) < 4.78 is 15.4. The van der Waals surface area contributed by atoms with Crippen LogP contribution in [0.4, 0.5) is 0 Å². The third kappa shape index (κ3) is 3.23. The van der Waals surface area contributed by atoms with Crippen LogP contribution < -0.4 is 0 Å². The number of hydrogen-bond donors (Lipinski definition) is 8. The van der Waals surface area contributed by atoms with Crippen LogP contribution in [0.2, 0.25) is 0 Å². The van der Waals surface area contributed by atoms with Crippen molar-refractivity contribution in [1.82, 2.24) is 0 Å². The molecule has 0 aromatic heterocycles. The van der Waals surface area contributed by atoms with E-state index >= 15 is 0 Å². The van der Waals surface area contributed by atoms with E-state index < -0.39 is 74.6 Å². The minimum absolute atomic E-state index is 0.669. The van der Waals surface area contributed by atoms with Crippen molar-refractivity contribution in [2.75, 3.05) is 19.8 Å². The molecule has 0 spiro atoms. The maximum absolute atomic E-state index is 10.00. The van der Waals surface area contributed by atoms with Gasteiger partial charge >= 0.3 is 0 Å². The lowest BCUT2D eigenvalue weighted by molar-refractivity contribution is -0.383. The highest BCUT2D eigenvalue weighted by atomic mass is 16.8. The number of rotatable bonds is 5. The second kappa shape index (κ2) is 7.21. The van der Waals surface area contributed by atoms with E-state index in [1.165, 1.54) is 0 Å². The zero-order valence-electron chi connectivity index (χ0n) is 12.0. The molecule has 0 aromatic carbocycles. The summed E-state index contributed by atoms with van der Waals surface area (Å²) in [5, 5.41) is 76.7. The second-order valence-corrected chi connectivity index (χ2v) is 5.56. The molecule has 2 saturated heterocycles. The van der Waals surface area contributed by atoms with Crippen molar-refractivity contribution in [2.45, 2.75) is 54.8 Å².